The van der Waals surface area contributed by atoms with Crippen molar-refractivity contribution in [1.82, 2.24) is 10.2 Å². The summed E-state index contributed by atoms with van der Waals surface area (Å²) >= 11 is 0. The van der Waals surface area contributed by atoms with E-state index in [9.17, 15) is 4.79 Å². The zero-order chi connectivity index (χ0) is 12.3. The van der Waals surface area contributed by atoms with Gasteiger partial charge in [-0.1, -0.05) is 13.3 Å². The van der Waals surface area contributed by atoms with Gasteiger partial charge in [0.05, 0.1) is 0 Å². The minimum Gasteiger partial charge on any atom is -0.356 e. The molecule has 3 atom stereocenters. The van der Waals surface area contributed by atoms with Crippen LogP contribution in [0.1, 0.15) is 39.0 Å². The van der Waals surface area contributed by atoms with E-state index in [1.807, 2.05) is 0 Å². The summed E-state index contributed by atoms with van der Waals surface area (Å²) in [6.07, 6.45) is 5.15. The van der Waals surface area contributed by atoms with E-state index >= 15 is 0 Å². The summed E-state index contributed by atoms with van der Waals surface area (Å²) in [5, 5.41) is 2.96. The molecule has 2 saturated heterocycles. The first kappa shape index (κ1) is 12.8. The fourth-order valence-corrected chi connectivity index (χ4v) is 3.11. The van der Waals surface area contributed by atoms with E-state index in [0.29, 0.717) is 24.4 Å². The molecule has 3 N–H and O–H groups in total. The maximum absolute atomic E-state index is 11.6. The van der Waals surface area contributed by atoms with E-state index in [1.165, 1.54) is 0 Å². The Labute approximate surface area is 104 Å². The van der Waals surface area contributed by atoms with E-state index in [4.69, 9.17) is 5.73 Å². The summed E-state index contributed by atoms with van der Waals surface area (Å²) in [4.78, 5) is 14.1. The number of likely N-dealkylation sites (tertiary alicyclic amines) is 1. The molecule has 0 aliphatic carbocycles. The van der Waals surface area contributed by atoms with Gasteiger partial charge in [0.2, 0.25) is 5.91 Å². The van der Waals surface area contributed by atoms with Crippen molar-refractivity contribution >= 4 is 5.91 Å². The summed E-state index contributed by atoms with van der Waals surface area (Å²) in [7, 11) is 0. The molecule has 4 nitrogen and oxygen atoms in total. The third-order valence-electron chi connectivity index (χ3n) is 4.32. The Hall–Kier alpha value is -0.610. The van der Waals surface area contributed by atoms with Gasteiger partial charge in [0.15, 0.2) is 0 Å². The standard InChI is InChI=1S/C13H25N3O/c1-2-10-9-16(7-5-12(10)14)11-4-3-6-15-13(17)8-11/h10-12H,2-9,14H2,1H3,(H,15,17). The number of nitrogens with two attached hydrogens (primary N) is 1. The van der Waals surface area contributed by atoms with Crippen LogP contribution in [0.2, 0.25) is 0 Å². The maximum atomic E-state index is 11.6. The number of amides is 1. The largest absolute Gasteiger partial charge is 0.356 e. The second-order valence-corrected chi connectivity index (χ2v) is 5.47. The summed E-state index contributed by atoms with van der Waals surface area (Å²) in [5.41, 5.74) is 6.13. The van der Waals surface area contributed by atoms with Crippen molar-refractivity contribution in [2.75, 3.05) is 19.6 Å². The normalized spacial score (nSPS) is 36.4. The number of hydrogen-bond donors (Lipinski definition) is 2. The molecule has 0 aromatic rings. The monoisotopic (exact) mass is 239 g/mol. The third-order valence-corrected chi connectivity index (χ3v) is 4.32. The van der Waals surface area contributed by atoms with E-state index in [1.54, 1.807) is 0 Å². The lowest BCUT2D eigenvalue weighted by molar-refractivity contribution is -0.121. The Morgan fingerprint density at radius 1 is 1.47 bits per heavy atom. The lowest BCUT2D eigenvalue weighted by Crippen LogP contribution is -2.50. The molecule has 0 bridgehead atoms. The first-order chi connectivity index (χ1) is 8.20. The van der Waals surface area contributed by atoms with E-state index in [2.05, 4.69) is 17.1 Å². The van der Waals surface area contributed by atoms with Gasteiger partial charge in [-0.05, 0) is 31.7 Å². The molecule has 0 radical (unpaired) electrons. The number of nitrogens with one attached hydrogen (secondary N) is 1. The summed E-state index contributed by atoms with van der Waals surface area (Å²) in [6.45, 7) is 5.21. The number of rotatable bonds is 2. The molecule has 0 spiro atoms. The second-order valence-electron chi connectivity index (χ2n) is 5.47. The molecule has 2 heterocycles. The molecule has 1 amide bonds. The topological polar surface area (TPSA) is 58.4 Å². The molecule has 98 valence electrons. The number of nitrogens with zero attached hydrogens (tertiary/aromatic N) is 1. The van der Waals surface area contributed by atoms with Crippen LogP contribution in [0, 0.1) is 5.92 Å². The van der Waals surface area contributed by atoms with Gasteiger partial charge in [0.25, 0.3) is 0 Å². The molecule has 4 heteroatoms. The summed E-state index contributed by atoms with van der Waals surface area (Å²) in [6, 6.07) is 0.801. The molecule has 2 aliphatic rings. The van der Waals surface area contributed by atoms with Crippen LogP contribution in [0.5, 0.6) is 0 Å². The fraction of sp³-hybridized carbons (Fsp3) is 0.923. The van der Waals surface area contributed by atoms with Crippen molar-refractivity contribution in [1.29, 1.82) is 0 Å². The predicted octanol–water partition coefficient (Wildman–Crippen LogP) is 0.714. The number of piperidine rings is 1. The van der Waals surface area contributed by atoms with Gasteiger partial charge in [-0.25, -0.2) is 0 Å². The first-order valence-corrected chi connectivity index (χ1v) is 6.97. The molecule has 2 rings (SSSR count). The van der Waals surface area contributed by atoms with Crippen LogP contribution < -0.4 is 11.1 Å². The Bertz CT molecular complexity index is 269. The van der Waals surface area contributed by atoms with E-state index in [-0.39, 0.29) is 5.91 Å². The van der Waals surface area contributed by atoms with Crippen LogP contribution in [0.25, 0.3) is 0 Å². The van der Waals surface area contributed by atoms with Gasteiger partial charge in [-0.3, -0.25) is 9.69 Å². The van der Waals surface area contributed by atoms with Gasteiger partial charge >= 0.3 is 0 Å². The number of carbonyl (C=O) groups is 1. The molecule has 17 heavy (non-hydrogen) atoms. The van der Waals surface area contributed by atoms with Crippen molar-refractivity contribution in [3.05, 3.63) is 0 Å². The smallest absolute Gasteiger partial charge is 0.221 e. The van der Waals surface area contributed by atoms with Gasteiger partial charge in [-0.2, -0.15) is 0 Å². The minimum atomic E-state index is 0.218. The zero-order valence-electron chi connectivity index (χ0n) is 10.8. The Morgan fingerprint density at radius 2 is 2.29 bits per heavy atom. The highest BCUT2D eigenvalue weighted by molar-refractivity contribution is 5.76. The second kappa shape index (κ2) is 5.83. The van der Waals surface area contributed by atoms with Crippen LogP contribution >= 0.6 is 0 Å². The van der Waals surface area contributed by atoms with Crippen molar-refractivity contribution < 1.29 is 4.79 Å². The lowest BCUT2D eigenvalue weighted by atomic mass is 9.89. The van der Waals surface area contributed by atoms with Gasteiger partial charge in [0, 0.05) is 31.6 Å². The van der Waals surface area contributed by atoms with Gasteiger partial charge < -0.3 is 11.1 Å². The lowest BCUT2D eigenvalue weighted by Gasteiger charge is -2.40. The molecule has 3 unspecified atom stereocenters. The van der Waals surface area contributed by atoms with Crippen LogP contribution in [-0.2, 0) is 4.79 Å². The SMILES string of the molecule is CCC1CN(C2CCCNC(=O)C2)CCC1N. The van der Waals surface area contributed by atoms with Crippen LogP contribution in [-0.4, -0.2) is 42.5 Å². The highest BCUT2D eigenvalue weighted by Gasteiger charge is 2.31. The Balaban J connectivity index is 1.94. The van der Waals surface area contributed by atoms with Crippen molar-refractivity contribution in [2.24, 2.45) is 11.7 Å². The van der Waals surface area contributed by atoms with Gasteiger partial charge in [-0.15, -0.1) is 0 Å². The Kier molecular flexibility index (Phi) is 4.40. The molecule has 0 aromatic heterocycles. The molecular formula is C13H25N3O. The Morgan fingerprint density at radius 3 is 3.06 bits per heavy atom. The average molecular weight is 239 g/mol. The zero-order valence-corrected chi connectivity index (χ0v) is 10.8. The first-order valence-electron chi connectivity index (χ1n) is 6.97. The molecular weight excluding hydrogens is 214 g/mol. The molecule has 2 aliphatic heterocycles. The summed E-state index contributed by atoms with van der Waals surface area (Å²) in [5.74, 6) is 0.825. The van der Waals surface area contributed by atoms with Crippen LogP contribution in [0.3, 0.4) is 0 Å². The van der Waals surface area contributed by atoms with Crippen LogP contribution in [0.4, 0.5) is 0 Å². The van der Waals surface area contributed by atoms with Crippen molar-refractivity contribution in [2.45, 2.75) is 51.1 Å². The molecule has 0 aromatic carbocycles. The van der Waals surface area contributed by atoms with E-state index < -0.39 is 0 Å². The van der Waals surface area contributed by atoms with Crippen LogP contribution in [0.15, 0.2) is 0 Å². The van der Waals surface area contributed by atoms with E-state index in [0.717, 1.165) is 45.3 Å². The highest BCUT2D eigenvalue weighted by Crippen LogP contribution is 2.24. The maximum Gasteiger partial charge on any atom is 0.221 e. The quantitative estimate of drug-likeness (QED) is 0.746. The van der Waals surface area contributed by atoms with Gasteiger partial charge in [0.1, 0.15) is 0 Å². The minimum absolute atomic E-state index is 0.218. The predicted molar refractivity (Wildman–Crippen MR) is 68.6 cm³/mol. The highest BCUT2D eigenvalue weighted by atomic mass is 16.1. The number of carbonyl (C=O) groups excluding carboxylic acids is 1. The molecule has 2 fully saturated rings. The third kappa shape index (κ3) is 3.19. The fourth-order valence-electron chi connectivity index (χ4n) is 3.11. The average Bonchev–Trinajstić information content (AvgIpc) is 2.54. The van der Waals surface area contributed by atoms with Crippen molar-refractivity contribution in [3.63, 3.8) is 0 Å². The summed E-state index contributed by atoms with van der Waals surface area (Å²) < 4.78 is 0. The molecule has 0 saturated carbocycles. The number of hydrogen-bond acceptors (Lipinski definition) is 3. The van der Waals surface area contributed by atoms with Crippen molar-refractivity contribution in [3.8, 4) is 0 Å².